The third kappa shape index (κ3) is 3.55. The summed E-state index contributed by atoms with van der Waals surface area (Å²) in [5, 5.41) is 0.693. The van der Waals surface area contributed by atoms with Crippen LogP contribution in [0.25, 0.3) is 6.08 Å². The Balaban J connectivity index is 2.21. The van der Waals surface area contributed by atoms with E-state index in [1.54, 1.807) is 12.2 Å². The van der Waals surface area contributed by atoms with E-state index in [4.69, 9.17) is 11.6 Å². The van der Waals surface area contributed by atoms with Gasteiger partial charge < -0.3 is 0 Å². The summed E-state index contributed by atoms with van der Waals surface area (Å²) in [6.07, 6.45) is 3.41. The van der Waals surface area contributed by atoms with E-state index < -0.39 is 0 Å². The van der Waals surface area contributed by atoms with Crippen LogP contribution in [0.1, 0.15) is 27.0 Å². The molecule has 0 spiro atoms. The van der Waals surface area contributed by atoms with Crippen molar-refractivity contribution in [2.75, 3.05) is 0 Å². The highest BCUT2D eigenvalue weighted by Gasteiger charge is 2.05. The highest BCUT2D eigenvalue weighted by molar-refractivity contribution is 6.30. The number of carbonyl (C=O) groups excluding carboxylic acids is 1. The van der Waals surface area contributed by atoms with E-state index in [0.717, 1.165) is 22.3 Å². The number of carbonyl (C=O) groups is 1. The minimum Gasteiger partial charge on any atom is -0.289 e. The van der Waals surface area contributed by atoms with Crippen LogP contribution in [0, 0.1) is 13.8 Å². The third-order valence-electron chi connectivity index (χ3n) is 2.96. The highest BCUT2D eigenvalue weighted by Crippen LogP contribution is 2.14. The summed E-state index contributed by atoms with van der Waals surface area (Å²) < 4.78 is 0. The van der Waals surface area contributed by atoms with E-state index in [0.29, 0.717) is 5.02 Å². The molecule has 0 unspecified atom stereocenters. The minimum absolute atomic E-state index is 0.0242. The fourth-order valence-electron chi connectivity index (χ4n) is 1.84. The highest BCUT2D eigenvalue weighted by atomic mass is 35.5. The molecule has 0 radical (unpaired) electrons. The summed E-state index contributed by atoms with van der Waals surface area (Å²) in [5.41, 5.74) is 3.80. The van der Waals surface area contributed by atoms with Gasteiger partial charge in [-0.15, -0.1) is 0 Å². The first-order chi connectivity index (χ1) is 9.06. The summed E-state index contributed by atoms with van der Waals surface area (Å²) in [5.74, 6) is 0.0242. The molecule has 0 bridgehead atoms. The summed E-state index contributed by atoms with van der Waals surface area (Å²) in [6.45, 7) is 3.93. The number of hydrogen-bond acceptors (Lipinski definition) is 1. The second-order valence-electron chi connectivity index (χ2n) is 4.57. The maximum Gasteiger partial charge on any atom is 0.186 e. The Morgan fingerprint density at radius 2 is 1.74 bits per heavy atom. The van der Waals surface area contributed by atoms with E-state index in [-0.39, 0.29) is 5.78 Å². The standard InChI is InChI=1S/C17H15ClO/c1-12-3-4-13(2)16(11-12)17(19)10-7-14-5-8-15(18)9-6-14/h3-11H,1-2H3. The maximum atomic E-state index is 12.1. The van der Waals surface area contributed by atoms with Crippen molar-refractivity contribution in [2.24, 2.45) is 0 Å². The number of benzene rings is 2. The molecule has 0 N–H and O–H groups in total. The third-order valence-corrected chi connectivity index (χ3v) is 3.21. The first kappa shape index (κ1) is 13.6. The van der Waals surface area contributed by atoms with Crippen LogP contribution < -0.4 is 0 Å². The molecule has 2 rings (SSSR count). The summed E-state index contributed by atoms with van der Waals surface area (Å²) >= 11 is 5.82. The van der Waals surface area contributed by atoms with Crippen LogP contribution in [0.5, 0.6) is 0 Å². The molecule has 0 aliphatic carbocycles. The molecule has 0 aromatic heterocycles. The quantitative estimate of drug-likeness (QED) is 0.575. The zero-order valence-corrected chi connectivity index (χ0v) is 11.7. The average molecular weight is 271 g/mol. The molecule has 0 saturated carbocycles. The number of aryl methyl sites for hydroxylation is 2. The maximum absolute atomic E-state index is 12.1. The zero-order chi connectivity index (χ0) is 13.8. The number of rotatable bonds is 3. The van der Waals surface area contributed by atoms with Crippen molar-refractivity contribution in [1.82, 2.24) is 0 Å². The Morgan fingerprint density at radius 1 is 1.05 bits per heavy atom. The first-order valence-electron chi connectivity index (χ1n) is 6.11. The SMILES string of the molecule is Cc1ccc(C)c(C(=O)C=Cc2ccc(Cl)cc2)c1. The minimum atomic E-state index is 0.0242. The Bertz CT molecular complexity index is 624. The van der Waals surface area contributed by atoms with Crippen molar-refractivity contribution in [2.45, 2.75) is 13.8 Å². The molecule has 0 aliphatic heterocycles. The molecular weight excluding hydrogens is 256 g/mol. The van der Waals surface area contributed by atoms with Gasteiger partial charge in [0.05, 0.1) is 0 Å². The van der Waals surface area contributed by atoms with Gasteiger partial charge in [-0.3, -0.25) is 4.79 Å². The van der Waals surface area contributed by atoms with Gasteiger partial charge in [0.1, 0.15) is 0 Å². The number of halogens is 1. The summed E-state index contributed by atoms with van der Waals surface area (Å²) in [6, 6.07) is 13.3. The van der Waals surface area contributed by atoms with Gasteiger partial charge in [0.15, 0.2) is 5.78 Å². The van der Waals surface area contributed by atoms with E-state index in [1.807, 2.05) is 56.3 Å². The largest absolute Gasteiger partial charge is 0.289 e. The number of ketones is 1. The molecule has 0 saturated heterocycles. The van der Waals surface area contributed by atoms with Gasteiger partial charge in [-0.05, 0) is 49.2 Å². The van der Waals surface area contributed by atoms with Crippen LogP contribution in [0.2, 0.25) is 5.02 Å². The van der Waals surface area contributed by atoms with Crippen molar-refractivity contribution in [3.8, 4) is 0 Å². The van der Waals surface area contributed by atoms with E-state index in [2.05, 4.69) is 0 Å². The second kappa shape index (κ2) is 5.85. The predicted molar refractivity (Wildman–Crippen MR) is 80.7 cm³/mol. The fraction of sp³-hybridized carbons (Fsp3) is 0.118. The summed E-state index contributed by atoms with van der Waals surface area (Å²) in [4.78, 5) is 12.1. The predicted octanol–water partition coefficient (Wildman–Crippen LogP) is 4.85. The van der Waals surface area contributed by atoms with Crippen molar-refractivity contribution < 1.29 is 4.79 Å². The van der Waals surface area contributed by atoms with Crippen molar-refractivity contribution >= 4 is 23.5 Å². The van der Waals surface area contributed by atoms with Crippen LogP contribution in [0.3, 0.4) is 0 Å². The molecule has 1 nitrogen and oxygen atoms in total. The van der Waals surface area contributed by atoms with Crippen molar-refractivity contribution in [3.05, 3.63) is 75.8 Å². The van der Waals surface area contributed by atoms with Crippen molar-refractivity contribution in [3.63, 3.8) is 0 Å². The van der Waals surface area contributed by atoms with Gasteiger partial charge in [-0.1, -0.05) is 47.5 Å². The van der Waals surface area contributed by atoms with E-state index in [9.17, 15) is 4.79 Å². The molecule has 2 heteroatoms. The lowest BCUT2D eigenvalue weighted by atomic mass is 10.0. The lowest BCUT2D eigenvalue weighted by molar-refractivity contribution is 0.104. The van der Waals surface area contributed by atoms with Crippen LogP contribution in [-0.2, 0) is 0 Å². The molecule has 0 amide bonds. The summed E-state index contributed by atoms with van der Waals surface area (Å²) in [7, 11) is 0. The lowest BCUT2D eigenvalue weighted by Crippen LogP contribution is -1.98. The van der Waals surface area contributed by atoms with Gasteiger partial charge in [0, 0.05) is 10.6 Å². The molecule has 19 heavy (non-hydrogen) atoms. The number of hydrogen-bond donors (Lipinski definition) is 0. The van der Waals surface area contributed by atoms with Crippen LogP contribution in [0.15, 0.2) is 48.5 Å². The van der Waals surface area contributed by atoms with Crippen molar-refractivity contribution in [1.29, 1.82) is 0 Å². The lowest BCUT2D eigenvalue weighted by Gasteiger charge is -2.03. The molecule has 0 aliphatic rings. The van der Waals surface area contributed by atoms with Gasteiger partial charge in [-0.25, -0.2) is 0 Å². The fourth-order valence-corrected chi connectivity index (χ4v) is 1.96. The molecule has 0 heterocycles. The first-order valence-corrected chi connectivity index (χ1v) is 6.49. The normalized spacial score (nSPS) is 10.9. The average Bonchev–Trinajstić information content (AvgIpc) is 2.40. The molecule has 2 aromatic rings. The van der Waals surface area contributed by atoms with Gasteiger partial charge in [0.2, 0.25) is 0 Å². The van der Waals surface area contributed by atoms with Gasteiger partial charge in [-0.2, -0.15) is 0 Å². The van der Waals surface area contributed by atoms with Crippen LogP contribution in [0.4, 0.5) is 0 Å². The zero-order valence-electron chi connectivity index (χ0n) is 11.0. The Kier molecular flexibility index (Phi) is 4.18. The molecule has 0 atom stereocenters. The van der Waals surface area contributed by atoms with E-state index in [1.165, 1.54) is 0 Å². The monoisotopic (exact) mass is 270 g/mol. The smallest absolute Gasteiger partial charge is 0.186 e. The Labute approximate surface area is 118 Å². The van der Waals surface area contributed by atoms with Gasteiger partial charge in [0.25, 0.3) is 0 Å². The molecule has 0 fully saturated rings. The second-order valence-corrected chi connectivity index (χ2v) is 5.00. The Morgan fingerprint density at radius 3 is 2.42 bits per heavy atom. The topological polar surface area (TPSA) is 17.1 Å². The molecule has 96 valence electrons. The van der Waals surface area contributed by atoms with Gasteiger partial charge >= 0.3 is 0 Å². The Hall–Kier alpha value is -1.86. The van der Waals surface area contributed by atoms with E-state index >= 15 is 0 Å². The molecule has 2 aromatic carbocycles. The van der Waals surface area contributed by atoms with Crippen LogP contribution in [-0.4, -0.2) is 5.78 Å². The van der Waals surface area contributed by atoms with Crippen LogP contribution >= 0.6 is 11.6 Å². The molecular formula is C17H15ClO. The number of allylic oxidation sites excluding steroid dienone is 1.